The van der Waals surface area contributed by atoms with Gasteiger partial charge in [-0.2, -0.15) is 5.10 Å². The Kier molecular flexibility index (Phi) is 4.18. The van der Waals surface area contributed by atoms with E-state index >= 15 is 0 Å². The molecule has 3 rings (SSSR count). The molecule has 3 aromatic rings. The standard InChI is InChI=1S/C17H15BrN2O/c18-16-9-5-4-6-13(16)10-17(21)14-11-19-20(12-14)15-7-2-1-3-8-15/h1-9,11-12,17,21H,10H2. The molecule has 1 unspecified atom stereocenters. The zero-order valence-corrected chi connectivity index (χ0v) is 12.9. The van der Waals surface area contributed by atoms with Crippen LogP contribution in [0, 0.1) is 0 Å². The number of aliphatic hydroxyl groups excluding tert-OH is 1. The first-order chi connectivity index (χ1) is 10.2. The molecule has 4 heteroatoms. The molecule has 3 nitrogen and oxygen atoms in total. The number of rotatable bonds is 4. The number of aromatic nitrogens is 2. The van der Waals surface area contributed by atoms with E-state index in [0.29, 0.717) is 6.42 Å². The molecular weight excluding hydrogens is 328 g/mol. The Morgan fingerprint density at radius 3 is 2.52 bits per heavy atom. The quantitative estimate of drug-likeness (QED) is 0.780. The van der Waals surface area contributed by atoms with Gasteiger partial charge in [0.2, 0.25) is 0 Å². The summed E-state index contributed by atoms with van der Waals surface area (Å²) in [5.74, 6) is 0. The number of halogens is 1. The third-order valence-electron chi connectivity index (χ3n) is 3.38. The lowest BCUT2D eigenvalue weighted by Gasteiger charge is -2.09. The van der Waals surface area contributed by atoms with E-state index in [1.165, 1.54) is 0 Å². The molecule has 0 radical (unpaired) electrons. The third-order valence-corrected chi connectivity index (χ3v) is 4.15. The van der Waals surface area contributed by atoms with Crippen LogP contribution in [0.4, 0.5) is 0 Å². The molecule has 106 valence electrons. The molecule has 2 aromatic carbocycles. The van der Waals surface area contributed by atoms with Gasteiger partial charge in [0, 0.05) is 22.7 Å². The molecule has 0 spiro atoms. The van der Waals surface area contributed by atoms with Gasteiger partial charge < -0.3 is 5.11 Å². The molecule has 0 aliphatic heterocycles. The average Bonchev–Trinajstić information content (AvgIpc) is 3.00. The van der Waals surface area contributed by atoms with Gasteiger partial charge in [-0.1, -0.05) is 52.3 Å². The number of benzene rings is 2. The maximum absolute atomic E-state index is 10.4. The highest BCUT2D eigenvalue weighted by Crippen LogP contribution is 2.24. The molecule has 0 aliphatic carbocycles. The van der Waals surface area contributed by atoms with Crippen LogP contribution in [0.2, 0.25) is 0 Å². The lowest BCUT2D eigenvalue weighted by Crippen LogP contribution is -2.01. The maximum Gasteiger partial charge on any atom is 0.0861 e. The Bertz CT molecular complexity index is 724. The SMILES string of the molecule is OC(Cc1ccccc1Br)c1cnn(-c2ccccc2)c1. The van der Waals surface area contributed by atoms with Crippen molar-refractivity contribution in [2.24, 2.45) is 0 Å². The summed E-state index contributed by atoms with van der Waals surface area (Å²) in [5, 5.41) is 14.7. The lowest BCUT2D eigenvalue weighted by atomic mass is 10.0. The van der Waals surface area contributed by atoms with Crippen LogP contribution in [-0.2, 0) is 6.42 Å². The second kappa shape index (κ2) is 6.24. The summed E-state index contributed by atoms with van der Waals surface area (Å²) >= 11 is 3.51. The van der Waals surface area contributed by atoms with Crippen molar-refractivity contribution in [3.63, 3.8) is 0 Å². The van der Waals surface area contributed by atoms with E-state index in [2.05, 4.69) is 21.0 Å². The largest absolute Gasteiger partial charge is 0.388 e. The van der Waals surface area contributed by atoms with Crippen molar-refractivity contribution in [2.75, 3.05) is 0 Å². The first kappa shape index (κ1) is 14.0. The molecule has 21 heavy (non-hydrogen) atoms. The zero-order valence-electron chi connectivity index (χ0n) is 11.4. The van der Waals surface area contributed by atoms with Crippen LogP contribution in [0.25, 0.3) is 5.69 Å². The van der Waals surface area contributed by atoms with Gasteiger partial charge in [0.15, 0.2) is 0 Å². The van der Waals surface area contributed by atoms with Crippen molar-refractivity contribution in [3.05, 3.63) is 82.6 Å². The summed E-state index contributed by atoms with van der Waals surface area (Å²) in [6.07, 6.45) is 3.58. The monoisotopic (exact) mass is 342 g/mol. The van der Waals surface area contributed by atoms with Crippen LogP contribution in [0.5, 0.6) is 0 Å². The van der Waals surface area contributed by atoms with Gasteiger partial charge in [0.25, 0.3) is 0 Å². The van der Waals surface area contributed by atoms with Crippen molar-refractivity contribution >= 4 is 15.9 Å². The number of hydrogen-bond acceptors (Lipinski definition) is 2. The van der Waals surface area contributed by atoms with Crippen LogP contribution >= 0.6 is 15.9 Å². The first-order valence-electron chi connectivity index (χ1n) is 6.75. The fraction of sp³-hybridized carbons (Fsp3) is 0.118. The Morgan fingerprint density at radius 2 is 1.76 bits per heavy atom. The Balaban J connectivity index is 1.79. The molecule has 1 heterocycles. The third kappa shape index (κ3) is 3.23. The maximum atomic E-state index is 10.4. The number of nitrogens with zero attached hydrogens (tertiary/aromatic N) is 2. The van der Waals surface area contributed by atoms with Crippen molar-refractivity contribution < 1.29 is 5.11 Å². The molecule has 0 saturated carbocycles. The van der Waals surface area contributed by atoms with Gasteiger partial charge in [0.1, 0.15) is 0 Å². The molecule has 0 bridgehead atoms. The van der Waals surface area contributed by atoms with Gasteiger partial charge in [-0.25, -0.2) is 4.68 Å². The van der Waals surface area contributed by atoms with E-state index < -0.39 is 6.10 Å². The van der Waals surface area contributed by atoms with Crippen molar-refractivity contribution in [1.29, 1.82) is 0 Å². The van der Waals surface area contributed by atoms with E-state index in [4.69, 9.17) is 0 Å². The minimum atomic E-state index is -0.568. The van der Waals surface area contributed by atoms with Gasteiger partial charge in [-0.15, -0.1) is 0 Å². The second-order valence-corrected chi connectivity index (χ2v) is 5.72. The van der Waals surface area contributed by atoms with Crippen LogP contribution < -0.4 is 0 Å². The molecule has 1 atom stereocenters. The molecule has 1 aromatic heterocycles. The minimum absolute atomic E-state index is 0.557. The highest BCUT2D eigenvalue weighted by molar-refractivity contribution is 9.10. The van der Waals surface area contributed by atoms with Gasteiger partial charge >= 0.3 is 0 Å². The summed E-state index contributed by atoms with van der Waals surface area (Å²) in [5.41, 5.74) is 2.88. The van der Waals surface area contributed by atoms with Crippen molar-refractivity contribution in [3.8, 4) is 5.69 Å². The highest BCUT2D eigenvalue weighted by atomic mass is 79.9. The van der Waals surface area contributed by atoms with E-state index in [0.717, 1.165) is 21.3 Å². The highest BCUT2D eigenvalue weighted by Gasteiger charge is 2.13. The molecule has 0 amide bonds. The van der Waals surface area contributed by atoms with Crippen LogP contribution in [0.3, 0.4) is 0 Å². The molecule has 0 saturated heterocycles. The second-order valence-electron chi connectivity index (χ2n) is 4.87. The van der Waals surface area contributed by atoms with Crippen molar-refractivity contribution in [2.45, 2.75) is 12.5 Å². The summed E-state index contributed by atoms with van der Waals surface area (Å²) in [7, 11) is 0. The summed E-state index contributed by atoms with van der Waals surface area (Å²) in [6.45, 7) is 0. The van der Waals surface area contributed by atoms with Gasteiger partial charge in [-0.3, -0.25) is 0 Å². The number of aliphatic hydroxyl groups is 1. The van der Waals surface area contributed by atoms with Gasteiger partial charge in [-0.05, 0) is 23.8 Å². The molecule has 0 fully saturated rings. The predicted octanol–water partition coefficient (Wildman–Crippen LogP) is 3.91. The fourth-order valence-electron chi connectivity index (χ4n) is 2.22. The van der Waals surface area contributed by atoms with Gasteiger partial charge in [0.05, 0.1) is 18.0 Å². The van der Waals surface area contributed by atoms with Crippen LogP contribution in [0.15, 0.2) is 71.5 Å². The first-order valence-corrected chi connectivity index (χ1v) is 7.55. The Morgan fingerprint density at radius 1 is 1.05 bits per heavy atom. The number of hydrogen-bond donors (Lipinski definition) is 1. The fourth-order valence-corrected chi connectivity index (χ4v) is 2.67. The van der Waals surface area contributed by atoms with E-state index in [1.807, 2.05) is 60.8 Å². The van der Waals surface area contributed by atoms with E-state index in [9.17, 15) is 5.11 Å². The Labute approximate surface area is 132 Å². The van der Waals surface area contributed by atoms with Crippen molar-refractivity contribution in [1.82, 2.24) is 9.78 Å². The molecular formula is C17H15BrN2O. The molecule has 0 aliphatic rings. The summed E-state index contributed by atoms with van der Waals surface area (Å²) in [6, 6.07) is 17.8. The smallest absolute Gasteiger partial charge is 0.0861 e. The summed E-state index contributed by atoms with van der Waals surface area (Å²) < 4.78 is 2.79. The lowest BCUT2D eigenvalue weighted by molar-refractivity contribution is 0.178. The predicted molar refractivity (Wildman–Crippen MR) is 86.4 cm³/mol. The minimum Gasteiger partial charge on any atom is -0.388 e. The summed E-state index contributed by atoms with van der Waals surface area (Å²) in [4.78, 5) is 0. The van der Waals surface area contributed by atoms with E-state index in [-0.39, 0.29) is 0 Å². The normalized spacial score (nSPS) is 12.3. The average molecular weight is 343 g/mol. The Hall–Kier alpha value is -1.91. The zero-order chi connectivity index (χ0) is 14.7. The van der Waals surface area contributed by atoms with Crippen LogP contribution in [-0.4, -0.2) is 14.9 Å². The molecule has 1 N–H and O–H groups in total. The van der Waals surface area contributed by atoms with E-state index in [1.54, 1.807) is 10.9 Å². The van der Waals surface area contributed by atoms with Crippen LogP contribution in [0.1, 0.15) is 17.2 Å². The number of para-hydroxylation sites is 1. The topological polar surface area (TPSA) is 38.1 Å².